The molecule has 0 unspecified atom stereocenters. The molecule has 0 amide bonds. The molecule has 0 saturated heterocycles. The van der Waals surface area contributed by atoms with E-state index in [2.05, 4.69) is 9.97 Å². The van der Waals surface area contributed by atoms with Crippen LogP contribution in [0.1, 0.15) is 18.3 Å². The first-order valence-electron chi connectivity index (χ1n) is 5.68. The van der Waals surface area contributed by atoms with Gasteiger partial charge >= 0.3 is 0 Å². The van der Waals surface area contributed by atoms with Gasteiger partial charge in [0.05, 0.1) is 0 Å². The van der Waals surface area contributed by atoms with E-state index in [1.54, 1.807) is 17.8 Å². The summed E-state index contributed by atoms with van der Waals surface area (Å²) in [7, 11) is 0. The van der Waals surface area contributed by atoms with Crippen molar-refractivity contribution in [1.29, 1.82) is 0 Å². The van der Waals surface area contributed by atoms with Crippen LogP contribution in [-0.4, -0.2) is 9.97 Å². The van der Waals surface area contributed by atoms with Crippen LogP contribution in [0.25, 0.3) is 0 Å². The van der Waals surface area contributed by atoms with Gasteiger partial charge in [0, 0.05) is 23.3 Å². The molecule has 2 rings (SSSR count). The molecule has 3 nitrogen and oxygen atoms in total. The van der Waals surface area contributed by atoms with Crippen molar-refractivity contribution in [3.63, 3.8) is 0 Å². The smallest absolute Gasteiger partial charge is 0.131 e. The van der Waals surface area contributed by atoms with Crippen LogP contribution in [0.3, 0.4) is 0 Å². The van der Waals surface area contributed by atoms with Gasteiger partial charge in [-0.25, -0.2) is 9.97 Å². The summed E-state index contributed by atoms with van der Waals surface area (Å²) < 4.78 is 0. The van der Waals surface area contributed by atoms with Crippen molar-refractivity contribution in [3.05, 3.63) is 46.7 Å². The van der Waals surface area contributed by atoms with Gasteiger partial charge in [-0.2, -0.15) is 0 Å². The van der Waals surface area contributed by atoms with Crippen LogP contribution in [0.2, 0.25) is 5.02 Å². The van der Waals surface area contributed by atoms with E-state index in [0.717, 1.165) is 28.0 Å². The number of nitrogen functional groups attached to an aromatic ring is 1. The number of anilines is 1. The second kappa shape index (κ2) is 6.07. The molecule has 0 saturated carbocycles. The molecular formula is C13H14ClN3S. The molecule has 0 fully saturated rings. The van der Waals surface area contributed by atoms with Crippen molar-refractivity contribution >= 4 is 29.2 Å². The lowest BCUT2D eigenvalue weighted by Gasteiger charge is -2.04. The van der Waals surface area contributed by atoms with Gasteiger partial charge in [0.1, 0.15) is 16.7 Å². The van der Waals surface area contributed by atoms with Gasteiger partial charge in [-0.1, -0.05) is 30.7 Å². The maximum Gasteiger partial charge on any atom is 0.131 e. The van der Waals surface area contributed by atoms with Crippen molar-refractivity contribution in [2.75, 3.05) is 5.73 Å². The summed E-state index contributed by atoms with van der Waals surface area (Å²) in [5.41, 5.74) is 6.95. The lowest BCUT2D eigenvalue weighted by atomic mass is 10.2. The molecule has 0 spiro atoms. The molecule has 1 aromatic heterocycles. The minimum atomic E-state index is 0.528. The topological polar surface area (TPSA) is 51.8 Å². The highest BCUT2D eigenvalue weighted by Gasteiger charge is 2.02. The van der Waals surface area contributed by atoms with E-state index in [0.29, 0.717) is 5.82 Å². The monoisotopic (exact) mass is 279 g/mol. The third-order valence-electron chi connectivity index (χ3n) is 2.38. The highest BCUT2D eigenvalue weighted by Crippen LogP contribution is 2.23. The molecule has 0 radical (unpaired) electrons. The fourth-order valence-electron chi connectivity index (χ4n) is 1.46. The number of nitrogens with two attached hydrogens (primary N) is 1. The zero-order valence-electron chi connectivity index (χ0n) is 10.1. The van der Waals surface area contributed by atoms with Gasteiger partial charge in [0.2, 0.25) is 0 Å². The standard InChI is InChI=1S/C13H14ClN3S/c1-2-12-16-11(15)7-13(17-12)18-8-9-3-5-10(14)6-4-9/h3-7H,2,8H2,1H3,(H2,15,16,17). The summed E-state index contributed by atoms with van der Waals surface area (Å²) in [4.78, 5) is 8.59. The Morgan fingerprint density at radius 2 is 1.94 bits per heavy atom. The largest absolute Gasteiger partial charge is 0.384 e. The molecule has 0 atom stereocenters. The number of benzene rings is 1. The van der Waals surface area contributed by atoms with Crippen molar-refractivity contribution in [3.8, 4) is 0 Å². The van der Waals surface area contributed by atoms with Crippen LogP contribution in [0.15, 0.2) is 35.4 Å². The quantitative estimate of drug-likeness (QED) is 0.687. The zero-order valence-corrected chi connectivity index (χ0v) is 11.6. The second-order valence-electron chi connectivity index (χ2n) is 3.82. The van der Waals surface area contributed by atoms with Crippen LogP contribution in [0.5, 0.6) is 0 Å². The molecule has 0 aliphatic carbocycles. The van der Waals surface area contributed by atoms with Crippen molar-refractivity contribution in [2.45, 2.75) is 24.1 Å². The highest BCUT2D eigenvalue weighted by atomic mass is 35.5. The lowest BCUT2D eigenvalue weighted by molar-refractivity contribution is 0.894. The number of rotatable bonds is 4. The molecule has 2 aromatic rings. The molecule has 1 aromatic carbocycles. The molecule has 2 N–H and O–H groups in total. The summed E-state index contributed by atoms with van der Waals surface area (Å²) in [6, 6.07) is 9.62. The number of hydrogen-bond donors (Lipinski definition) is 1. The first kappa shape index (κ1) is 13.2. The van der Waals surface area contributed by atoms with Crippen LogP contribution in [-0.2, 0) is 12.2 Å². The van der Waals surface area contributed by atoms with Crippen molar-refractivity contribution in [2.24, 2.45) is 0 Å². The summed E-state index contributed by atoms with van der Waals surface area (Å²) in [5, 5.41) is 1.66. The van der Waals surface area contributed by atoms with Gasteiger partial charge in [-0.05, 0) is 17.7 Å². The van der Waals surface area contributed by atoms with Crippen LogP contribution < -0.4 is 5.73 Å². The van der Waals surface area contributed by atoms with Crippen molar-refractivity contribution < 1.29 is 0 Å². The number of thioether (sulfide) groups is 1. The summed E-state index contributed by atoms with van der Waals surface area (Å²) in [6.07, 6.45) is 0.791. The molecule has 18 heavy (non-hydrogen) atoms. The SMILES string of the molecule is CCc1nc(N)cc(SCc2ccc(Cl)cc2)n1. The van der Waals surface area contributed by atoms with E-state index in [-0.39, 0.29) is 0 Å². The Hall–Kier alpha value is -1.26. The Bertz CT molecular complexity index is 528. The average molecular weight is 280 g/mol. The first-order chi connectivity index (χ1) is 8.67. The molecule has 1 heterocycles. The summed E-state index contributed by atoms with van der Waals surface area (Å²) in [6.45, 7) is 2.02. The van der Waals surface area contributed by atoms with Crippen molar-refractivity contribution in [1.82, 2.24) is 9.97 Å². The predicted molar refractivity (Wildman–Crippen MR) is 76.8 cm³/mol. The zero-order chi connectivity index (χ0) is 13.0. The molecule has 0 aliphatic heterocycles. The fourth-order valence-corrected chi connectivity index (χ4v) is 2.47. The molecular weight excluding hydrogens is 266 g/mol. The highest BCUT2D eigenvalue weighted by molar-refractivity contribution is 7.98. The normalized spacial score (nSPS) is 10.6. The van der Waals surface area contributed by atoms with Gasteiger partial charge in [0.25, 0.3) is 0 Å². The van der Waals surface area contributed by atoms with E-state index in [1.807, 2.05) is 31.2 Å². The van der Waals surface area contributed by atoms with Crippen LogP contribution >= 0.6 is 23.4 Å². The Morgan fingerprint density at radius 1 is 1.22 bits per heavy atom. The van der Waals surface area contributed by atoms with E-state index in [1.165, 1.54) is 5.56 Å². The Balaban J connectivity index is 2.05. The molecule has 94 valence electrons. The Kier molecular flexibility index (Phi) is 4.44. The van der Waals surface area contributed by atoms with Gasteiger partial charge in [0.15, 0.2) is 0 Å². The fraction of sp³-hybridized carbons (Fsp3) is 0.231. The first-order valence-corrected chi connectivity index (χ1v) is 7.04. The van der Waals surface area contributed by atoms with E-state index < -0.39 is 0 Å². The molecule has 0 aliphatic rings. The third-order valence-corrected chi connectivity index (χ3v) is 3.62. The molecule has 5 heteroatoms. The van der Waals surface area contributed by atoms with Gasteiger partial charge in [-0.3, -0.25) is 0 Å². The lowest BCUT2D eigenvalue weighted by Crippen LogP contribution is -1.99. The minimum absolute atomic E-state index is 0.528. The molecule has 0 bridgehead atoms. The third kappa shape index (κ3) is 3.62. The average Bonchev–Trinajstić information content (AvgIpc) is 2.37. The van der Waals surface area contributed by atoms with E-state index in [4.69, 9.17) is 17.3 Å². The number of halogens is 1. The van der Waals surface area contributed by atoms with Crippen LogP contribution in [0.4, 0.5) is 5.82 Å². The maximum absolute atomic E-state index is 5.85. The second-order valence-corrected chi connectivity index (χ2v) is 5.25. The van der Waals surface area contributed by atoms with Gasteiger partial charge in [-0.15, -0.1) is 11.8 Å². The number of aryl methyl sites for hydroxylation is 1. The number of hydrogen-bond acceptors (Lipinski definition) is 4. The van der Waals surface area contributed by atoms with E-state index >= 15 is 0 Å². The number of nitrogens with zero attached hydrogens (tertiary/aromatic N) is 2. The van der Waals surface area contributed by atoms with E-state index in [9.17, 15) is 0 Å². The minimum Gasteiger partial charge on any atom is -0.384 e. The Labute approximate surface area is 116 Å². The predicted octanol–water partition coefficient (Wildman–Crippen LogP) is 3.57. The maximum atomic E-state index is 5.85. The summed E-state index contributed by atoms with van der Waals surface area (Å²) >= 11 is 7.49. The summed E-state index contributed by atoms with van der Waals surface area (Å²) in [5.74, 6) is 2.16. The van der Waals surface area contributed by atoms with Gasteiger partial charge < -0.3 is 5.73 Å². The Morgan fingerprint density at radius 3 is 2.61 bits per heavy atom. The number of aromatic nitrogens is 2. The van der Waals surface area contributed by atoms with Crippen LogP contribution in [0, 0.1) is 0 Å².